The number of hydrogen-bond acceptors (Lipinski definition) is 4. The Morgan fingerprint density at radius 3 is 2.76 bits per heavy atom. The maximum absolute atomic E-state index is 13.2. The molecule has 0 fully saturated rings. The molecule has 7 nitrogen and oxygen atoms in total. The van der Waals surface area contributed by atoms with E-state index >= 15 is 0 Å². The number of nitrogens with one attached hydrogen (secondary N) is 1. The van der Waals surface area contributed by atoms with Crippen molar-refractivity contribution in [2.24, 2.45) is 0 Å². The van der Waals surface area contributed by atoms with E-state index < -0.39 is 0 Å². The molecular formula is C26H20BrN5O2. The number of halogens is 1. The molecule has 0 aliphatic carbocycles. The zero-order valence-electron chi connectivity index (χ0n) is 18.3. The van der Waals surface area contributed by atoms with Gasteiger partial charge in [-0.1, -0.05) is 28.1 Å². The highest BCUT2D eigenvalue weighted by Gasteiger charge is 2.13. The van der Waals surface area contributed by atoms with E-state index in [1.54, 1.807) is 33.8 Å². The van der Waals surface area contributed by atoms with Crippen molar-refractivity contribution in [1.29, 1.82) is 0 Å². The van der Waals surface area contributed by atoms with Crippen molar-refractivity contribution in [3.63, 3.8) is 0 Å². The zero-order valence-corrected chi connectivity index (χ0v) is 19.9. The number of nitrogens with zero attached hydrogens (tertiary/aromatic N) is 4. The molecular weight excluding hydrogens is 494 g/mol. The molecule has 0 aliphatic heterocycles. The molecule has 8 heteroatoms. The summed E-state index contributed by atoms with van der Waals surface area (Å²) >= 11 is 3.27. The number of aryl methyl sites for hydroxylation is 1. The Labute approximate surface area is 203 Å². The van der Waals surface area contributed by atoms with Crippen LogP contribution in [0.25, 0.3) is 33.2 Å². The molecule has 0 saturated heterocycles. The van der Waals surface area contributed by atoms with Crippen LogP contribution in [0.5, 0.6) is 0 Å². The number of rotatable bonds is 5. The first kappa shape index (κ1) is 21.8. The van der Waals surface area contributed by atoms with Gasteiger partial charge in [0.1, 0.15) is 0 Å². The summed E-state index contributed by atoms with van der Waals surface area (Å²) in [5.74, 6) is -0.233. The normalized spacial score (nSPS) is 11.5. The number of amides is 1. The summed E-state index contributed by atoms with van der Waals surface area (Å²) in [4.78, 5) is 30.0. The second kappa shape index (κ2) is 9.07. The highest BCUT2D eigenvalue weighted by Crippen LogP contribution is 2.28. The van der Waals surface area contributed by atoms with Crippen molar-refractivity contribution in [2.45, 2.75) is 6.92 Å². The van der Waals surface area contributed by atoms with Gasteiger partial charge < -0.3 is 5.32 Å². The standard InChI is InChI=1S/C26H20BrN5O2/c1-17-5-7-20(15-23(17)30-24(33)4-2-11-27)32-25(34)10-6-18-16-28-22-9-8-19(14-21(22)26(18)32)31-13-3-12-29-31/h2-10,12-16H,11H2,1H3,(H,30,33). The van der Waals surface area contributed by atoms with Gasteiger partial charge in [-0.3, -0.25) is 19.1 Å². The highest BCUT2D eigenvalue weighted by molar-refractivity contribution is 9.09. The lowest BCUT2D eigenvalue weighted by Gasteiger charge is -2.15. The number of carbonyl (C=O) groups is 1. The molecule has 3 aromatic heterocycles. The number of hydrogen-bond donors (Lipinski definition) is 1. The summed E-state index contributed by atoms with van der Waals surface area (Å²) in [6, 6.07) is 16.6. The number of fused-ring (bicyclic) bond motifs is 3. The second-order valence-corrected chi connectivity index (χ2v) is 8.41. The molecule has 0 bridgehead atoms. The van der Waals surface area contributed by atoms with Crippen molar-refractivity contribution in [1.82, 2.24) is 19.3 Å². The molecule has 34 heavy (non-hydrogen) atoms. The lowest BCUT2D eigenvalue weighted by Crippen LogP contribution is -2.18. The molecule has 1 amide bonds. The third kappa shape index (κ3) is 4.04. The molecule has 168 valence electrons. The van der Waals surface area contributed by atoms with Crippen molar-refractivity contribution >= 4 is 49.3 Å². The fourth-order valence-corrected chi connectivity index (χ4v) is 4.12. The largest absolute Gasteiger partial charge is 0.322 e. The van der Waals surface area contributed by atoms with Crippen LogP contribution in [-0.2, 0) is 4.79 Å². The van der Waals surface area contributed by atoms with E-state index in [0.717, 1.165) is 33.1 Å². The number of aromatic nitrogens is 4. The lowest BCUT2D eigenvalue weighted by molar-refractivity contribution is -0.111. The van der Waals surface area contributed by atoms with E-state index in [4.69, 9.17) is 0 Å². The van der Waals surface area contributed by atoms with Crippen LogP contribution < -0.4 is 10.9 Å². The van der Waals surface area contributed by atoms with Gasteiger partial charge in [0.05, 0.1) is 22.4 Å². The van der Waals surface area contributed by atoms with Gasteiger partial charge in [-0.05, 0) is 55.0 Å². The highest BCUT2D eigenvalue weighted by atomic mass is 79.9. The van der Waals surface area contributed by atoms with Gasteiger partial charge in [0.2, 0.25) is 5.91 Å². The van der Waals surface area contributed by atoms with Crippen LogP contribution in [0.3, 0.4) is 0 Å². The van der Waals surface area contributed by atoms with E-state index in [-0.39, 0.29) is 11.5 Å². The number of benzene rings is 2. The summed E-state index contributed by atoms with van der Waals surface area (Å²) < 4.78 is 3.43. The van der Waals surface area contributed by atoms with E-state index in [0.29, 0.717) is 16.7 Å². The van der Waals surface area contributed by atoms with Crippen molar-refractivity contribution in [2.75, 3.05) is 10.6 Å². The maximum atomic E-state index is 13.2. The van der Waals surface area contributed by atoms with Crippen LogP contribution >= 0.6 is 15.9 Å². The van der Waals surface area contributed by atoms with Gasteiger partial charge in [-0.2, -0.15) is 5.10 Å². The minimum absolute atomic E-state index is 0.176. The zero-order chi connectivity index (χ0) is 23.7. The molecule has 1 N–H and O–H groups in total. The lowest BCUT2D eigenvalue weighted by atomic mass is 10.1. The molecule has 0 radical (unpaired) electrons. The predicted octanol–water partition coefficient (Wildman–Crippen LogP) is 4.92. The third-order valence-corrected chi connectivity index (χ3v) is 5.94. The molecule has 0 spiro atoms. The number of alkyl halides is 1. The summed E-state index contributed by atoms with van der Waals surface area (Å²) in [6.07, 6.45) is 8.55. The fourth-order valence-electron chi connectivity index (χ4n) is 3.93. The molecule has 5 aromatic rings. The Bertz CT molecular complexity index is 1620. The molecule has 3 heterocycles. The van der Waals surface area contributed by atoms with Gasteiger partial charge in [0, 0.05) is 52.5 Å². The van der Waals surface area contributed by atoms with Gasteiger partial charge in [0.15, 0.2) is 0 Å². The quantitative estimate of drug-likeness (QED) is 0.205. The monoisotopic (exact) mass is 513 g/mol. The summed E-state index contributed by atoms with van der Waals surface area (Å²) in [5.41, 5.74) is 4.38. The number of anilines is 1. The number of carbonyl (C=O) groups excluding carboxylic acids is 1. The minimum Gasteiger partial charge on any atom is -0.322 e. The van der Waals surface area contributed by atoms with E-state index in [1.807, 2.05) is 55.6 Å². The van der Waals surface area contributed by atoms with Crippen LogP contribution in [-0.4, -0.2) is 30.6 Å². The predicted molar refractivity (Wildman–Crippen MR) is 138 cm³/mol. The first-order valence-corrected chi connectivity index (χ1v) is 11.8. The minimum atomic E-state index is -0.233. The van der Waals surface area contributed by atoms with Gasteiger partial charge >= 0.3 is 0 Å². The van der Waals surface area contributed by atoms with Crippen molar-refractivity contribution in [3.8, 4) is 11.4 Å². The van der Waals surface area contributed by atoms with E-state index in [9.17, 15) is 9.59 Å². The Morgan fingerprint density at radius 1 is 1.12 bits per heavy atom. The summed E-state index contributed by atoms with van der Waals surface area (Å²) in [5, 5.41) is 9.47. The molecule has 0 saturated carbocycles. The Balaban J connectivity index is 1.74. The van der Waals surface area contributed by atoms with Gasteiger partial charge in [0.25, 0.3) is 5.56 Å². The van der Waals surface area contributed by atoms with Crippen LogP contribution in [0.4, 0.5) is 5.69 Å². The maximum Gasteiger partial charge on any atom is 0.255 e. The van der Waals surface area contributed by atoms with Crippen LogP contribution in [0.2, 0.25) is 0 Å². The molecule has 0 atom stereocenters. The molecule has 0 aliphatic rings. The molecule has 2 aromatic carbocycles. The van der Waals surface area contributed by atoms with Gasteiger partial charge in [-0.15, -0.1) is 0 Å². The number of allylic oxidation sites excluding steroid dienone is 1. The topological polar surface area (TPSA) is 81.8 Å². The van der Waals surface area contributed by atoms with Crippen LogP contribution in [0.1, 0.15) is 5.56 Å². The van der Waals surface area contributed by atoms with E-state index in [2.05, 4.69) is 31.3 Å². The SMILES string of the molecule is Cc1ccc(-n2c(=O)ccc3cnc4ccc(-n5cccn5)cc4c32)cc1NC(=O)C=CCBr. The first-order chi connectivity index (χ1) is 16.5. The van der Waals surface area contributed by atoms with Gasteiger partial charge in [-0.25, -0.2) is 4.68 Å². The Morgan fingerprint density at radius 2 is 1.97 bits per heavy atom. The smallest absolute Gasteiger partial charge is 0.255 e. The van der Waals surface area contributed by atoms with Crippen molar-refractivity contribution < 1.29 is 4.79 Å². The van der Waals surface area contributed by atoms with Crippen LogP contribution in [0, 0.1) is 6.92 Å². The fraction of sp³-hybridized carbons (Fsp3) is 0.0769. The third-order valence-electron chi connectivity index (χ3n) is 5.57. The second-order valence-electron chi connectivity index (χ2n) is 7.77. The first-order valence-electron chi connectivity index (χ1n) is 10.6. The Kier molecular flexibility index (Phi) is 5.81. The average Bonchev–Trinajstić information content (AvgIpc) is 3.39. The molecule has 0 unspecified atom stereocenters. The van der Waals surface area contributed by atoms with Crippen LogP contribution in [0.15, 0.2) is 90.1 Å². The number of pyridine rings is 2. The Hall–Kier alpha value is -4.04. The average molecular weight is 514 g/mol. The van der Waals surface area contributed by atoms with Crippen molar-refractivity contribution in [3.05, 3.63) is 101 Å². The summed E-state index contributed by atoms with van der Waals surface area (Å²) in [7, 11) is 0. The van der Waals surface area contributed by atoms with E-state index in [1.165, 1.54) is 12.1 Å². The molecule has 5 rings (SSSR count). The summed E-state index contributed by atoms with van der Waals surface area (Å²) in [6.45, 7) is 1.91.